The summed E-state index contributed by atoms with van der Waals surface area (Å²) in [6.45, 7) is 1.22. The third kappa shape index (κ3) is 1.35. The Bertz CT molecular complexity index is 127. The minimum atomic E-state index is -0.418. The molecule has 0 heterocycles. The maximum absolute atomic E-state index is 5.62. The molecule has 0 aromatic heterocycles. The fourth-order valence-electron chi connectivity index (χ4n) is 1.83. The minimum Gasteiger partial charge on any atom is -0.353 e. The van der Waals surface area contributed by atoms with Crippen LogP contribution >= 0.6 is 0 Å². The lowest BCUT2D eigenvalue weighted by Gasteiger charge is -2.53. The average Bonchev–Trinajstić information content (AvgIpc) is 2.07. The van der Waals surface area contributed by atoms with E-state index in [0.29, 0.717) is 13.1 Å². The van der Waals surface area contributed by atoms with Crippen LogP contribution in [0, 0.1) is 5.41 Å². The molecule has 4 heteroatoms. The van der Waals surface area contributed by atoms with Crippen LogP contribution in [-0.4, -0.2) is 33.1 Å². The molecule has 0 aromatic carbocycles. The van der Waals surface area contributed by atoms with Crippen molar-refractivity contribution in [2.75, 3.05) is 27.3 Å². The largest absolute Gasteiger partial charge is 0.353 e. The predicted octanol–water partition coefficient (Wildman–Crippen LogP) is -0.327. The van der Waals surface area contributed by atoms with Gasteiger partial charge in [-0.2, -0.15) is 0 Å². The van der Waals surface area contributed by atoms with Gasteiger partial charge in [-0.1, -0.05) is 0 Å². The number of methoxy groups -OCH3 is 2. The van der Waals surface area contributed by atoms with E-state index in [1.165, 1.54) is 0 Å². The molecule has 4 nitrogen and oxygen atoms in total. The summed E-state index contributed by atoms with van der Waals surface area (Å²) in [6.07, 6.45) is 1.61. The molecule has 4 N–H and O–H groups in total. The van der Waals surface area contributed by atoms with Crippen LogP contribution in [0.4, 0.5) is 0 Å². The molecule has 72 valence electrons. The number of nitrogens with two attached hydrogens (primary N) is 2. The summed E-state index contributed by atoms with van der Waals surface area (Å²) in [7, 11) is 3.31. The van der Waals surface area contributed by atoms with Crippen LogP contribution in [0.25, 0.3) is 0 Å². The molecule has 0 spiro atoms. The molecule has 1 rings (SSSR count). The molecule has 0 aromatic rings. The van der Waals surface area contributed by atoms with Gasteiger partial charge in [0.25, 0.3) is 0 Å². The first-order chi connectivity index (χ1) is 5.66. The van der Waals surface area contributed by atoms with Gasteiger partial charge in [-0.15, -0.1) is 0 Å². The molecule has 0 aliphatic heterocycles. The van der Waals surface area contributed by atoms with E-state index in [1.807, 2.05) is 0 Å². The maximum Gasteiger partial charge on any atom is 0.168 e. The second-order valence-electron chi connectivity index (χ2n) is 3.58. The molecule has 1 saturated carbocycles. The van der Waals surface area contributed by atoms with E-state index in [9.17, 15) is 0 Å². The number of hydrogen-bond acceptors (Lipinski definition) is 4. The summed E-state index contributed by atoms with van der Waals surface area (Å²) in [5.74, 6) is -0.418. The maximum atomic E-state index is 5.62. The Kier molecular flexibility index (Phi) is 2.73. The molecule has 0 saturated heterocycles. The lowest BCUT2D eigenvalue weighted by atomic mass is 9.64. The Balaban J connectivity index is 2.52. The highest BCUT2D eigenvalue weighted by molar-refractivity contribution is 5.01. The van der Waals surface area contributed by atoms with Crippen molar-refractivity contribution in [3.63, 3.8) is 0 Å². The van der Waals surface area contributed by atoms with Crippen molar-refractivity contribution in [3.05, 3.63) is 0 Å². The average molecular weight is 174 g/mol. The summed E-state index contributed by atoms with van der Waals surface area (Å²) >= 11 is 0. The summed E-state index contributed by atoms with van der Waals surface area (Å²) in [4.78, 5) is 0. The zero-order valence-corrected chi connectivity index (χ0v) is 7.80. The lowest BCUT2D eigenvalue weighted by molar-refractivity contribution is -0.292. The lowest BCUT2D eigenvalue weighted by Crippen LogP contribution is -2.60. The zero-order chi connectivity index (χ0) is 9.24. The summed E-state index contributed by atoms with van der Waals surface area (Å²) < 4.78 is 10.5. The Hall–Kier alpha value is -0.160. The van der Waals surface area contributed by atoms with Crippen LogP contribution in [0.1, 0.15) is 12.8 Å². The van der Waals surface area contributed by atoms with E-state index in [0.717, 1.165) is 12.8 Å². The first-order valence-electron chi connectivity index (χ1n) is 4.16. The van der Waals surface area contributed by atoms with Crippen molar-refractivity contribution < 1.29 is 9.47 Å². The molecule has 12 heavy (non-hydrogen) atoms. The van der Waals surface area contributed by atoms with Gasteiger partial charge in [0, 0.05) is 32.5 Å². The van der Waals surface area contributed by atoms with Crippen molar-refractivity contribution in [1.82, 2.24) is 0 Å². The van der Waals surface area contributed by atoms with Gasteiger partial charge < -0.3 is 20.9 Å². The number of rotatable bonds is 4. The third-order valence-electron chi connectivity index (χ3n) is 2.90. The van der Waals surface area contributed by atoms with Crippen LogP contribution in [0.3, 0.4) is 0 Å². The molecular formula is C8H18N2O2. The smallest absolute Gasteiger partial charge is 0.168 e. The molecule has 0 unspecified atom stereocenters. The van der Waals surface area contributed by atoms with E-state index in [1.54, 1.807) is 14.2 Å². The Morgan fingerprint density at radius 2 is 1.50 bits per heavy atom. The van der Waals surface area contributed by atoms with Crippen molar-refractivity contribution in [2.24, 2.45) is 16.9 Å². The van der Waals surface area contributed by atoms with Gasteiger partial charge in [0.2, 0.25) is 0 Å². The van der Waals surface area contributed by atoms with Gasteiger partial charge >= 0.3 is 0 Å². The normalized spacial score (nSPS) is 25.0. The molecule has 0 amide bonds. The first-order valence-corrected chi connectivity index (χ1v) is 4.16. The monoisotopic (exact) mass is 174 g/mol. The molecule has 1 fully saturated rings. The zero-order valence-electron chi connectivity index (χ0n) is 7.80. The molecule has 0 atom stereocenters. The van der Waals surface area contributed by atoms with Crippen molar-refractivity contribution in [1.29, 1.82) is 0 Å². The van der Waals surface area contributed by atoms with Crippen molar-refractivity contribution in [3.8, 4) is 0 Å². The number of hydrogen-bond donors (Lipinski definition) is 2. The van der Waals surface area contributed by atoms with Crippen LogP contribution in [0.5, 0.6) is 0 Å². The second kappa shape index (κ2) is 3.30. The van der Waals surface area contributed by atoms with Gasteiger partial charge in [-0.05, 0) is 13.1 Å². The summed E-state index contributed by atoms with van der Waals surface area (Å²) in [6, 6.07) is 0. The quantitative estimate of drug-likeness (QED) is 0.573. The van der Waals surface area contributed by atoms with Gasteiger partial charge in [-0.3, -0.25) is 0 Å². The SMILES string of the molecule is COC1(OC)CC(CN)(CN)C1. The first kappa shape index (κ1) is 9.92. The standard InChI is InChI=1S/C8H18N2O2/c1-11-8(12-2)3-7(4-8,5-9)6-10/h3-6,9-10H2,1-2H3. The van der Waals surface area contributed by atoms with E-state index in [4.69, 9.17) is 20.9 Å². The highest BCUT2D eigenvalue weighted by atomic mass is 16.7. The molecule has 1 aliphatic rings. The van der Waals surface area contributed by atoms with Gasteiger partial charge in [0.15, 0.2) is 5.79 Å². The Morgan fingerprint density at radius 3 is 1.75 bits per heavy atom. The van der Waals surface area contributed by atoms with E-state index in [-0.39, 0.29) is 5.41 Å². The van der Waals surface area contributed by atoms with Gasteiger partial charge in [0.05, 0.1) is 0 Å². The Morgan fingerprint density at radius 1 is 1.08 bits per heavy atom. The summed E-state index contributed by atoms with van der Waals surface area (Å²) in [5.41, 5.74) is 11.3. The predicted molar refractivity (Wildman–Crippen MR) is 46.5 cm³/mol. The third-order valence-corrected chi connectivity index (χ3v) is 2.90. The van der Waals surface area contributed by atoms with E-state index < -0.39 is 5.79 Å². The van der Waals surface area contributed by atoms with Crippen molar-refractivity contribution >= 4 is 0 Å². The van der Waals surface area contributed by atoms with Crippen LogP contribution in [0.2, 0.25) is 0 Å². The number of ether oxygens (including phenoxy) is 2. The van der Waals surface area contributed by atoms with Crippen LogP contribution < -0.4 is 11.5 Å². The molecular weight excluding hydrogens is 156 g/mol. The van der Waals surface area contributed by atoms with Crippen molar-refractivity contribution in [2.45, 2.75) is 18.6 Å². The highest BCUT2D eigenvalue weighted by Gasteiger charge is 2.54. The highest BCUT2D eigenvalue weighted by Crippen LogP contribution is 2.49. The van der Waals surface area contributed by atoms with Gasteiger partial charge in [-0.25, -0.2) is 0 Å². The molecule has 1 aliphatic carbocycles. The van der Waals surface area contributed by atoms with Crippen LogP contribution in [0.15, 0.2) is 0 Å². The Labute approximate surface area is 73.2 Å². The second-order valence-corrected chi connectivity index (χ2v) is 3.58. The van der Waals surface area contributed by atoms with Gasteiger partial charge in [0.1, 0.15) is 0 Å². The fourth-order valence-corrected chi connectivity index (χ4v) is 1.83. The topological polar surface area (TPSA) is 70.5 Å². The molecule has 0 bridgehead atoms. The summed E-state index contributed by atoms with van der Waals surface area (Å²) in [5, 5.41) is 0. The minimum absolute atomic E-state index is 0.0476. The van der Waals surface area contributed by atoms with E-state index >= 15 is 0 Å². The molecule has 0 radical (unpaired) electrons. The van der Waals surface area contributed by atoms with E-state index in [2.05, 4.69) is 0 Å². The fraction of sp³-hybridized carbons (Fsp3) is 1.00. The van der Waals surface area contributed by atoms with Crippen LogP contribution in [-0.2, 0) is 9.47 Å².